The molecule has 0 saturated carbocycles. The Kier molecular flexibility index (Phi) is 4.95. The highest BCUT2D eigenvalue weighted by atomic mass is 19.4. The summed E-state index contributed by atoms with van der Waals surface area (Å²) in [4.78, 5) is 23.7. The summed E-state index contributed by atoms with van der Waals surface area (Å²) >= 11 is 0. The second-order valence-electron chi connectivity index (χ2n) is 7.68. The average Bonchev–Trinajstić information content (AvgIpc) is 2.90. The van der Waals surface area contributed by atoms with Crippen LogP contribution in [0.3, 0.4) is 0 Å². The van der Waals surface area contributed by atoms with Crippen LogP contribution in [0.2, 0.25) is 0 Å². The zero-order valence-corrected chi connectivity index (χ0v) is 15.8. The fourth-order valence-corrected chi connectivity index (χ4v) is 4.64. The van der Waals surface area contributed by atoms with E-state index in [0.717, 1.165) is 24.0 Å². The van der Waals surface area contributed by atoms with Crippen LogP contribution in [0, 0.1) is 12.3 Å². The molecule has 1 amide bonds. The molecule has 0 spiro atoms. The quantitative estimate of drug-likeness (QED) is 0.765. The number of halogens is 3. The Balaban J connectivity index is 2.25. The number of fused-ring (bicyclic) bond motifs is 3. The zero-order valence-electron chi connectivity index (χ0n) is 15.8. The predicted octanol–water partition coefficient (Wildman–Crippen LogP) is 5.36. The molecule has 0 aromatic heterocycles. The lowest BCUT2D eigenvalue weighted by Gasteiger charge is -2.37. The molecule has 1 N–H and O–H groups in total. The maximum absolute atomic E-state index is 13.8. The second-order valence-corrected chi connectivity index (χ2v) is 7.68. The minimum absolute atomic E-state index is 0.0619. The highest BCUT2D eigenvalue weighted by Crippen LogP contribution is 2.59. The van der Waals surface area contributed by atoms with Crippen LogP contribution in [0.15, 0.2) is 17.7 Å². The van der Waals surface area contributed by atoms with Gasteiger partial charge in [-0.05, 0) is 54.5 Å². The maximum Gasteiger partial charge on any atom is 0.420 e. The Morgan fingerprint density at radius 3 is 2.59 bits per heavy atom. The molecule has 0 fully saturated rings. The number of alkyl halides is 3. The molecule has 1 unspecified atom stereocenters. The summed E-state index contributed by atoms with van der Waals surface area (Å²) in [5.41, 5.74) is 1.33. The fraction of sp³-hybridized carbons (Fsp3) is 0.524. The standard InChI is InChI=1S/C21H24F3NO2/c1-4-5-9-20-10-8-17(27)19(21(22,23)24)18(20)14-6-7-16(25-13(3)26)12(2)15(14)11-20/h6-7H,4-5,8-11H2,1-3H3,(H,25,26). The van der Waals surface area contributed by atoms with Crippen molar-refractivity contribution in [1.29, 1.82) is 0 Å². The second kappa shape index (κ2) is 6.80. The molecular formula is C21H24F3NO2. The van der Waals surface area contributed by atoms with Gasteiger partial charge in [0, 0.05) is 24.4 Å². The van der Waals surface area contributed by atoms with Crippen molar-refractivity contribution in [2.24, 2.45) is 5.41 Å². The van der Waals surface area contributed by atoms with Gasteiger partial charge in [-0.1, -0.05) is 25.8 Å². The van der Waals surface area contributed by atoms with E-state index in [-0.39, 0.29) is 17.9 Å². The van der Waals surface area contributed by atoms with Crippen molar-refractivity contribution >= 4 is 23.0 Å². The molecule has 0 saturated heterocycles. The van der Waals surface area contributed by atoms with Crippen molar-refractivity contribution in [1.82, 2.24) is 0 Å². The number of anilines is 1. The van der Waals surface area contributed by atoms with Crippen LogP contribution >= 0.6 is 0 Å². The van der Waals surface area contributed by atoms with Crippen LogP contribution in [-0.2, 0) is 16.0 Å². The maximum atomic E-state index is 13.8. The van der Waals surface area contributed by atoms with Crippen LogP contribution < -0.4 is 5.32 Å². The molecule has 0 radical (unpaired) electrons. The third kappa shape index (κ3) is 3.30. The van der Waals surface area contributed by atoms with Crippen molar-refractivity contribution in [2.75, 3.05) is 5.32 Å². The summed E-state index contributed by atoms with van der Waals surface area (Å²) in [5, 5.41) is 2.75. The number of carbonyl (C=O) groups is 2. The Bertz CT molecular complexity index is 839. The topological polar surface area (TPSA) is 46.2 Å². The van der Waals surface area contributed by atoms with E-state index in [0.29, 0.717) is 30.5 Å². The van der Waals surface area contributed by atoms with Gasteiger partial charge in [0.1, 0.15) is 5.57 Å². The lowest BCUT2D eigenvalue weighted by Crippen LogP contribution is -2.34. The number of carbonyl (C=O) groups excluding carboxylic acids is 2. The van der Waals surface area contributed by atoms with Crippen molar-refractivity contribution < 1.29 is 22.8 Å². The molecule has 0 bridgehead atoms. The molecular weight excluding hydrogens is 355 g/mol. The first-order chi connectivity index (χ1) is 12.6. The molecule has 3 rings (SSSR count). The Hall–Kier alpha value is -2.11. The average molecular weight is 379 g/mol. The SMILES string of the molecule is CCCCC12CCC(=O)C(C(F)(F)F)=C1c1ccc(NC(C)=O)c(C)c1C2. The Labute approximate surface area is 157 Å². The normalized spacial score (nSPS) is 21.9. The van der Waals surface area contributed by atoms with Crippen LogP contribution in [0.1, 0.15) is 62.6 Å². The van der Waals surface area contributed by atoms with E-state index in [9.17, 15) is 22.8 Å². The van der Waals surface area contributed by atoms with E-state index in [2.05, 4.69) is 5.32 Å². The lowest BCUT2D eigenvalue weighted by atomic mass is 9.67. The number of allylic oxidation sites excluding steroid dienone is 2. The first-order valence-electron chi connectivity index (χ1n) is 9.36. The van der Waals surface area contributed by atoms with Gasteiger partial charge in [0.25, 0.3) is 0 Å². The molecule has 146 valence electrons. The number of rotatable bonds is 4. The Morgan fingerprint density at radius 2 is 2.00 bits per heavy atom. The summed E-state index contributed by atoms with van der Waals surface area (Å²) in [5.74, 6) is -1.03. The van der Waals surface area contributed by atoms with Crippen molar-refractivity contribution in [3.05, 3.63) is 34.4 Å². The van der Waals surface area contributed by atoms with E-state index in [1.807, 2.05) is 13.8 Å². The number of ketones is 1. The van der Waals surface area contributed by atoms with Crippen LogP contribution in [0.25, 0.3) is 5.57 Å². The zero-order chi connectivity index (χ0) is 20.0. The summed E-state index contributed by atoms with van der Waals surface area (Å²) in [6, 6.07) is 3.28. The third-order valence-corrected chi connectivity index (χ3v) is 5.88. The molecule has 2 aliphatic carbocycles. The van der Waals surface area contributed by atoms with Gasteiger partial charge >= 0.3 is 6.18 Å². The van der Waals surface area contributed by atoms with Crippen molar-refractivity contribution in [3.8, 4) is 0 Å². The van der Waals surface area contributed by atoms with Gasteiger partial charge < -0.3 is 5.32 Å². The molecule has 2 aliphatic rings. The minimum Gasteiger partial charge on any atom is -0.326 e. The van der Waals surface area contributed by atoms with E-state index >= 15 is 0 Å². The first kappa shape index (κ1) is 19.6. The number of amides is 1. The fourth-order valence-electron chi connectivity index (χ4n) is 4.64. The lowest BCUT2D eigenvalue weighted by molar-refractivity contribution is -0.130. The van der Waals surface area contributed by atoms with Gasteiger partial charge in [0.15, 0.2) is 5.78 Å². The highest BCUT2D eigenvalue weighted by Gasteiger charge is 2.53. The highest BCUT2D eigenvalue weighted by molar-refractivity contribution is 6.08. The van der Waals surface area contributed by atoms with Gasteiger partial charge in [0.05, 0.1) is 0 Å². The van der Waals surface area contributed by atoms with Gasteiger partial charge in [-0.15, -0.1) is 0 Å². The van der Waals surface area contributed by atoms with Gasteiger partial charge in [0.2, 0.25) is 5.91 Å². The van der Waals surface area contributed by atoms with Crippen molar-refractivity contribution in [2.45, 2.75) is 65.5 Å². The number of nitrogens with one attached hydrogen (secondary N) is 1. The number of hydrogen-bond acceptors (Lipinski definition) is 2. The number of unbranched alkanes of at least 4 members (excludes halogenated alkanes) is 1. The monoisotopic (exact) mass is 379 g/mol. The molecule has 0 heterocycles. The number of benzene rings is 1. The molecule has 1 atom stereocenters. The first-order valence-corrected chi connectivity index (χ1v) is 9.36. The predicted molar refractivity (Wildman–Crippen MR) is 98.4 cm³/mol. The molecule has 3 nitrogen and oxygen atoms in total. The minimum atomic E-state index is -4.66. The van der Waals surface area contributed by atoms with Crippen LogP contribution in [-0.4, -0.2) is 17.9 Å². The van der Waals surface area contributed by atoms with Crippen LogP contribution in [0.5, 0.6) is 0 Å². The summed E-state index contributed by atoms with van der Waals surface area (Å²) in [6.45, 7) is 5.24. The van der Waals surface area contributed by atoms with Gasteiger partial charge in [-0.25, -0.2) is 0 Å². The van der Waals surface area contributed by atoms with E-state index in [1.165, 1.54) is 6.92 Å². The smallest absolute Gasteiger partial charge is 0.326 e. The van der Waals surface area contributed by atoms with Crippen LogP contribution in [0.4, 0.5) is 18.9 Å². The van der Waals surface area contributed by atoms with E-state index in [4.69, 9.17) is 0 Å². The van der Waals surface area contributed by atoms with E-state index in [1.54, 1.807) is 12.1 Å². The van der Waals surface area contributed by atoms with Gasteiger partial charge in [-0.3, -0.25) is 9.59 Å². The molecule has 0 aliphatic heterocycles. The summed E-state index contributed by atoms with van der Waals surface area (Å²) in [6.07, 6.45) is -1.45. The molecule has 1 aromatic carbocycles. The van der Waals surface area contributed by atoms with Gasteiger partial charge in [-0.2, -0.15) is 13.2 Å². The molecule has 27 heavy (non-hydrogen) atoms. The summed E-state index contributed by atoms with van der Waals surface area (Å²) < 4.78 is 41.5. The van der Waals surface area contributed by atoms with Crippen molar-refractivity contribution in [3.63, 3.8) is 0 Å². The molecule has 1 aromatic rings. The third-order valence-electron chi connectivity index (χ3n) is 5.88. The van der Waals surface area contributed by atoms with E-state index < -0.39 is 22.9 Å². The number of Topliss-reactive ketones (excluding diaryl/α,β-unsaturated/α-hetero) is 1. The number of hydrogen-bond donors (Lipinski definition) is 1. The molecule has 6 heteroatoms. The Morgan fingerprint density at radius 1 is 1.30 bits per heavy atom. The summed E-state index contributed by atoms with van der Waals surface area (Å²) in [7, 11) is 0. The largest absolute Gasteiger partial charge is 0.420 e.